The summed E-state index contributed by atoms with van der Waals surface area (Å²) in [4.78, 5) is 26.9. The molecule has 0 amide bonds. The summed E-state index contributed by atoms with van der Waals surface area (Å²) in [6.07, 6.45) is 2.14. The molecule has 0 fully saturated rings. The Bertz CT molecular complexity index is 1100. The van der Waals surface area contributed by atoms with Crippen LogP contribution in [0.5, 0.6) is 0 Å². The van der Waals surface area contributed by atoms with Gasteiger partial charge in [0.1, 0.15) is 11.9 Å². The standard InChI is InChI=1S/C16H8F2N4O3/c17-12-3-8(1-2-9(12)5-19)11-7-21-22(15(11)23)14-13(18)4-10(6-20-14)16(24)25/h1-4,6-7,21H,(H,24,25). The Morgan fingerprint density at radius 3 is 2.64 bits per heavy atom. The molecule has 0 aliphatic carbocycles. The van der Waals surface area contributed by atoms with Crippen molar-refractivity contribution in [3.63, 3.8) is 0 Å². The number of benzene rings is 1. The number of nitriles is 1. The Hall–Kier alpha value is -3.80. The van der Waals surface area contributed by atoms with Crippen LogP contribution in [0.2, 0.25) is 0 Å². The number of rotatable bonds is 3. The van der Waals surface area contributed by atoms with E-state index in [4.69, 9.17) is 10.4 Å². The number of nitrogens with zero attached hydrogens (tertiary/aromatic N) is 3. The summed E-state index contributed by atoms with van der Waals surface area (Å²) < 4.78 is 28.5. The normalized spacial score (nSPS) is 10.4. The first-order chi connectivity index (χ1) is 11.9. The lowest BCUT2D eigenvalue weighted by molar-refractivity contribution is 0.0696. The number of carbonyl (C=O) groups is 1. The molecule has 1 aromatic carbocycles. The van der Waals surface area contributed by atoms with Crippen LogP contribution in [0.15, 0.2) is 41.5 Å². The molecule has 0 radical (unpaired) electrons. The number of nitrogens with one attached hydrogen (secondary N) is 1. The third-order valence-corrected chi connectivity index (χ3v) is 3.45. The SMILES string of the molecule is N#Cc1ccc(-c2c[nH]n(-c3ncc(C(=O)O)cc3F)c2=O)cc1F. The highest BCUT2D eigenvalue weighted by Crippen LogP contribution is 2.19. The molecule has 0 saturated heterocycles. The maximum absolute atomic E-state index is 14.0. The van der Waals surface area contributed by atoms with Gasteiger partial charge in [0.2, 0.25) is 0 Å². The molecule has 25 heavy (non-hydrogen) atoms. The maximum Gasteiger partial charge on any atom is 0.337 e. The van der Waals surface area contributed by atoms with Crippen molar-refractivity contribution < 1.29 is 18.7 Å². The Labute approximate surface area is 138 Å². The third-order valence-electron chi connectivity index (χ3n) is 3.45. The van der Waals surface area contributed by atoms with Crippen LogP contribution >= 0.6 is 0 Å². The predicted octanol–water partition coefficient (Wildman–Crippen LogP) is 2.08. The molecule has 2 N–H and O–H groups in total. The zero-order valence-corrected chi connectivity index (χ0v) is 12.3. The fraction of sp³-hybridized carbons (Fsp3) is 0. The summed E-state index contributed by atoms with van der Waals surface area (Å²) in [5, 5.41) is 20.0. The minimum atomic E-state index is -1.36. The van der Waals surface area contributed by atoms with Crippen molar-refractivity contribution in [2.45, 2.75) is 0 Å². The predicted molar refractivity (Wildman–Crippen MR) is 81.2 cm³/mol. The van der Waals surface area contributed by atoms with Crippen molar-refractivity contribution in [3.8, 4) is 23.0 Å². The Balaban J connectivity index is 2.08. The minimum Gasteiger partial charge on any atom is -0.478 e. The molecule has 3 rings (SSSR count). The van der Waals surface area contributed by atoms with Gasteiger partial charge in [-0.1, -0.05) is 6.07 Å². The molecular formula is C16H8F2N4O3. The number of aromatic nitrogens is 3. The first kappa shape index (κ1) is 16.1. The van der Waals surface area contributed by atoms with Gasteiger partial charge in [-0.2, -0.15) is 9.94 Å². The van der Waals surface area contributed by atoms with Gasteiger partial charge in [0.25, 0.3) is 5.56 Å². The van der Waals surface area contributed by atoms with Gasteiger partial charge in [-0.05, 0) is 23.8 Å². The van der Waals surface area contributed by atoms with Gasteiger partial charge in [0.15, 0.2) is 11.6 Å². The molecule has 0 saturated carbocycles. The fourth-order valence-electron chi connectivity index (χ4n) is 2.22. The van der Waals surface area contributed by atoms with Crippen molar-refractivity contribution in [2.75, 3.05) is 0 Å². The van der Waals surface area contributed by atoms with Crippen LogP contribution in [0, 0.1) is 23.0 Å². The van der Waals surface area contributed by atoms with Crippen LogP contribution in [-0.4, -0.2) is 25.8 Å². The van der Waals surface area contributed by atoms with Crippen LogP contribution in [0.4, 0.5) is 8.78 Å². The van der Waals surface area contributed by atoms with E-state index in [0.717, 1.165) is 23.0 Å². The van der Waals surface area contributed by atoms with Gasteiger partial charge in [-0.25, -0.2) is 18.6 Å². The molecular weight excluding hydrogens is 334 g/mol. The first-order valence-corrected chi connectivity index (χ1v) is 6.82. The number of carboxylic acid groups (broad SMARTS) is 1. The molecule has 3 aromatic rings. The molecule has 0 spiro atoms. The van der Waals surface area contributed by atoms with Crippen LogP contribution in [0.3, 0.4) is 0 Å². The van der Waals surface area contributed by atoms with Crippen LogP contribution in [0.25, 0.3) is 16.9 Å². The van der Waals surface area contributed by atoms with E-state index in [-0.39, 0.29) is 22.3 Å². The second-order valence-corrected chi connectivity index (χ2v) is 4.97. The number of carboxylic acids is 1. The van der Waals surface area contributed by atoms with E-state index < -0.39 is 29.0 Å². The van der Waals surface area contributed by atoms with Crippen molar-refractivity contribution in [2.24, 2.45) is 0 Å². The first-order valence-electron chi connectivity index (χ1n) is 6.82. The van der Waals surface area contributed by atoms with Crippen LogP contribution in [-0.2, 0) is 0 Å². The van der Waals surface area contributed by atoms with E-state index in [9.17, 15) is 18.4 Å². The van der Waals surface area contributed by atoms with Gasteiger partial charge in [0, 0.05) is 12.4 Å². The van der Waals surface area contributed by atoms with E-state index in [2.05, 4.69) is 10.1 Å². The number of pyridine rings is 1. The molecule has 0 aliphatic rings. The molecule has 2 aromatic heterocycles. The molecule has 0 aliphatic heterocycles. The number of aromatic amines is 1. The van der Waals surface area contributed by atoms with E-state index in [1.807, 2.05) is 0 Å². The molecule has 0 atom stereocenters. The van der Waals surface area contributed by atoms with Crippen LogP contribution in [0.1, 0.15) is 15.9 Å². The molecule has 9 heteroatoms. The highest BCUT2D eigenvalue weighted by atomic mass is 19.1. The lowest BCUT2D eigenvalue weighted by atomic mass is 10.1. The lowest BCUT2D eigenvalue weighted by Crippen LogP contribution is -2.19. The number of aromatic carboxylic acids is 1. The van der Waals surface area contributed by atoms with Crippen molar-refractivity contribution in [1.82, 2.24) is 14.8 Å². The Morgan fingerprint density at radius 2 is 2.04 bits per heavy atom. The number of hydrogen-bond donors (Lipinski definition) is 2. The molecule has 7 nitrogen and oxygen atoms in total. The zero-order valence-electron chi connectivity index (χ0n) is 12.3. The fourth-order valence-corrected chi connectivity index (χ4v) is 2.22. The van der Waals surface area contributed by atoms with Gasteiger partial charge >= 0.3 is 5.97 Å². The van der Waals surface area contributed by atoms with E-state index in [1.165, 1.54) is 18.3 Å². The molecule has 124 valence electrons. The molecule has 2 heterocycles. The maximum atomic E-state index is 14.0. The average molecular weight is 342 g/mol. The summed E-state index contributed by atoms with van der Waals surface area (Å²) >= 11 is 0. The topological polar surface area (TPSA) is 112 Å². The summed E-state index contributed by atoms with van der Waals surface area (Å²) in [5.41, 5.74) is -1.02. The van der Waals surface area contributed by atoms with Gasteiger partial charge in [-0.3, -0.25) is 9.89 Å². The summed E-state index contributed by atoms with van der Waals surface area (Å²) in [5.74, 6) is -3.58. The van der Waals surface area contributed by atoms with E-state index in [1.54, 1.807) is 6.07 Å². The largest absolute Gasteiger partial charge is 0.478 e. The van der Waals surface area contributed by atoms with E-state index >= 15 is 0 Å². The van der Waals surface area contributed by atoms with Gasteiger partial charge in [0.05, 0.1) is 16.7 Å². The number of H-pyrrole nitrogens is 1. The van der Waals surface area contributed by atoms with Crippen molar-refractivity contribution in [1.29, 1.82) is 5.26 Å². The Morgan fingerprint density at radius 1 is 1.28 bits per heavy atom. The zero-order chi connectivity index (χ0) is 18.1. The summed E-state index contributed by atoms with van der Waals surface area (Å²) in [6.45, 7) is 0. The van der Waals surface area contributed by atoms with Crippen molar-refractivity contribution in [3.05, 3.63) is 69.8 Å². The smallest absolute Gasteiger partial charge is 0.337 e. The molecule has 0 bridgehead atoms. The van der Waals surface area contributed by atoms with Crippen LogP contribution < -0.4 is 5.56 Å². The second kappa shape index (κ2) is 6.01. The third kappa shape index (κ3) is 2.76. The monoisotopic (exact) mass is 342 g/mol. The summed E-state index contributed by atoms with van der Waals surface area (Å²) in [6, 6.07) is 6.03. The molecule has 0 unspecified atom stereocenters. The van der Waals surface area contributed by atoms with Crippen molar-refractivity contribution >= 4 is 5.97 Å². The summed E-state index contributed by atoms with van der Waals surface area (Å²) in [7, 11) is 0. The quantitative estimate of drug-likeness (QED) is 0.757. The highest BCUT2D eigenvalue weighted by molar-refractivity contribution is 5.87. The highest BCUT2D eigenvalue weighted by Gasteiger charge is 2.17. The number of hydrogen-bond acceptors (Lipinski definition) is 4. The second-order valence-electron chi connectivity index (χ2n) is 4.97. The minimum absolute atomic E-state index is 0.0342. The van der Waals surface area contributed by atoms with Gasteiger partial charge in [-0.15, -0.1) is 0 Å². The Kier molecular flexibility index (Phi) is 3.86. The van der Waals surface area contributed by atoms with E-state index in [0.29, 0.717) is 0 Å². The number of halogens is 2. The lowest BCUT2D eigenvalue weighted by Gasteiger charge is -2.03. The van der Waals surface area contributed by atoms with Gasteiger partial charge < -0.3 is 5.11 Å². The average Bonchev–Trinajstić information content (AvgIpc) is 2.96.